The number of amides is 3. The monoisotopic (exact) mass is 707 g/mol. The fourth-order valence-corrected chi connectivity index (χ4v) is 5.72. The van der Waals surface area contributed by atoms with Crippen LogP contribution in [-0.2, 0) is 52.7 Å². The first-order valence-corrected chi connectivity index (χ1v) is 15.6. The van der Waals surface area contributed by atoms with Gasteiger partial charge in [0.1, 0.15) is 73.1 Å². The molecule has 0 saturated carbocycles. The van der Waals surface area contributed by atoms with E-state index >= 15 is 0 Å². The highest BCUT2D eigenvalue weighted by Gasteiger charge is 2.54. The molecule has 0 radical (unpaired) electrons. The predicted molar refractivity (Wildman–Crippen MR) is 146 cm³/mol. The minimum Gasteiger partial charge on any atom is -0.394 e. The van der Waals surface area contributed by atoms with Gasteiger partial charge in [0.15, 0.2) is 18.9 Å². The average Bonchev–Trinajstić information content (AvgIpc) is 2.97. The van der Waals surface area contributed by atoms with E-state index < -0.39 is 140 Å². The van der Waals surface area contributed by atoms with Gasteiger partial charge in [-0.3, -0.25) is 18.9 Å². The van der Waals surface area contributed by atoms with Gasteiger partial charge in [0.05, 0.1) is 19.8 Å². The van der Waals surface area contributed by atoms with Crippen molar-refractivity contribution in [2.24, 2.45) is 0 Å². The molecule has 47 heavy (non-hydrogen) atoms. The molecular weight excluding hydrogens is 666 g/mol. The van der Waals surface area contributed by atoms with Crippen molar-refractivity contribution in [2.45, 2.75) is 113 Å². The van der Waals surface area contributed by atoms with Crippen LogP contribution in [-0.4, -0.2) is 178 Å². The number of carbonyl (C=O) groups excluding carboxylic acids is 3. The zero-order chi connectivity index (χ0) is 35.4. The first-order valence-electron chi connectivity index (χ1n) is 14.2. The molecule has 22 nitrogen and oxygen atoms in total. The van der Waals surface area contributed by atoms with Crippen LogP contribution in [0.25, 0.3) is 0 Å². The third kappa shape index (κ3) is 9.93. The normalized spacial score (nSPS) is 41.1. The van der Waals surface area contributed by atoms with Crippen molar-refractivity contribution in [3.8, 4) is 0 Å². The van der Waals surface area contributed by atoms with E-state index in [0.717, 1.165) is 20.8 Å². The van der Waals surface area contributed by atoms with E-state index in [1.807, 2.05) is 0 Å². The molecule has 0 aromatic carbocycles. The van der Waals surface area contributed by atoms with Crippen molar-refractivity contribution in [2.75, 3.05) is 19.8 Å². The van der Waals surface area contributed by atoms with Gasteiger partial charge in [0.25, 0.3) is 0 Å². The summed E-state index contributed by atoms with van der Waals surface area (Å²) >= 11 is 0. The van der Waals surface area contributed by atoms with Gasteiger partial charge >= 0.3 is 10.4 Å². The lowest BCUT2D eigenvalue weighted by Crippen LogP contribution is -2.71. The van der Waals surface area contributed by atoms with Crippen LogP contribution in [0.3, 0.4) is 0 Å². The lowest BCUT2D eigenvalue weighted by atomic mass is 9.93. The Bertz CT molecular complexity index is 1200. The molecule has 0 aliphatic carbocycles. The van der Waals surface area contributed by atoms with Crippen molar-refractivity contribution in [3.05, 3.63) is 0 Å². The van der Waals surface area contributed by atoms with Crippen molar-refractivity contribution in [1.29, 1.82) is 0 Å². The Morgan fingerprint density at radius 1 is 0.638 bits per heavy atom. The van der Waals surface area contributed by atoms with Gasteiger partial charge in [0, 0.05) is 20.8 Å². The standard InChI is InChI=1S/C24H41N3O19S/c1-7(30)25-13-18(35)21(12(42-22(13)37)6-41-47(38,39)40)46-24-15(27-9(3)32)19(36)20(11(5-29)44-24)45-23-14(26-8(2)31)17(34)16(33)10(4-28)43-23/h10-24,28-29,33-37H,4-6H2,1-3H3,(H,25,30)(H,26,31)(H,27,32)(H,38,39,40)/t10-,11-,12-,13-,14-,15-,16-,17-,18-,19-,20-,21-,22?,23+,24+/m1/s1. The summed E-state index contributed by atoms with van der Waals surface area (Å²) < 4.78 is 64.1. The highest BCUT2D eigenvalue weighted by Crippen LogP contribution is 2.32. The van der Waals surface area contributed by atoms with Crippen LogP contribution in [0.1, 0.15) is 20.8 Å². The van der Waals surface area contributed by atoms with Crippen LogP contribution in [0.4, 0.5) is 0 Å². The number of hydrogen-bond donors (Lipinski definition) is 11. The molecule has 1 unspecified atom stereocenters. The summed E-state index contributed by atoms with van der Waals surface area (Å²) in [6, 6.07) is -4.68. The summed E-state index contributed by atoms with van der Waals surface area (Å²) in [5.41, 5.74) is 0. The van der Waals surface area contributed by atoms with E-state index in [1.165, 1.54) is 0 Å². The highest BCUT2D eigenvalue weighted by molar-refractivity contribution is 7.80. The maximum Gasteiger partial charge on any atom is 0.397 e. The summed E-state index contributed by atoms with van der Waals surface area (Å²) in [6.07, 6.45) is -20.8. The van der Waals surface area contributed by atoms with E-state index in [4.69, 9.17) is 28.2 Å². The van der Waals surface area contributed by atoms with E-state index in [2.05, 4.69) is 20.1 Å². The molecule has 272 valence electrons. The molecule has 3 fully saturated rings. The fraction of sp³-hybridized carbons (Fsp3) is 0.875. The second kappa shape index (κ2) is 16.5. The van der Waals surface area contributed by atoms with E-state index in [9.17, 15) is 58.5 Å². The number of ether oxygens (including phenoxy) is 5. The largest absolute Gasteiger partial charge is 0.397 e. The number of carbonyl (C=O) groups is 3. The molecule has 23 heteroatoms. The summed E-state index contributed by atoms with van der Waals surface area (Å²) in [7, 11) is -5.08. The Hall–Kier alpha value is -2.20. The molecule has 0 aromatic heterocycles. The van der Waals surface area contributed by atoms with Gasteiger partial charge in [-0.1, -0.05) is 0 Å². The Morgan fingerprint density at radius 3 is 1.53 bits per heavy atom. The zero-order valence-corrected chi connectivity index (χ0v) is 26.1. The Balaban J connectivity index is 1.94. The average molecular weight is 708 g/mol. The summed E-state index contributed by atoms with van der Waals surface area (Å²) in [4.78, 5) is 35.7. The minimum atomic E-state index is -5.08. The summed E-state index contributed by atoms with van der Waals surface area (Å²) in [5, 5.41) is 80.5. The third-order valence-corrected chi connectivity index (χ3v) is 7.93. The first-order chi connectivity index (χ1) is 21.9. The van der Waals surface area contributed by atoms with E-state index in [0.29, 0.717) is 0 Å². The number of aliphatic hydroxyl groups excluding tert-OH is 7. The maximum atomic E-state index is 12.2. The van der Waals surface area contributed by atoms with Gasteiger partial charge in [-0.25, -0.2) is 4.18 Å². The second-order valence-electron chi connectivity index (χ2n) is 11.1. The maximum absolute atomic E-state index is 12.2. The zero-order valence-electron chi connectivity index (χ0n) is 25.3. The van der Waals surface area contributed by atoms with Gasteiger partial charge in [0.2, 0.25) is 17.7 Å². The van der Waals surface area contributed by atoms with Gasteiger partial charge < -0.3 is 75.4 Å². The van der Waals surface area contributed by atoms with Crippen LogP contribution >= 0.6 is 0 Å². The van der Waals surface area contributed by atoms with E-state index in [-0.39, 0.29) is 0 Å². The Morgan fingerprint density at radius 2 is 1.06 bits per heavy atom. The molecule has 0 bridgehead atoms. The van der Waals surface area contributed by atoms with Crippen molar-refractivity contribution >= 4 is 28.1 Å². The topological polar surface area (TPSA) is 339 Å². The molecule has 0 spiro atoms. The molecule has 15 atom stereocenters. The van der Waals surface area contributed by atoms with Crippen molar-refractivity contribution in [1.82, 2.24) is 16.0 Å². The predicted octanol–water partition coefficient (Wildman–Crippen LogP) is -7.31. The van der Waals surface area contributed by atoms with Crippen LogP contribution in [0.2, 0.25) is 0 Å². The lowest BCUT2D eigenvalue weighted by molar-refractivity contribution is -0.351. The lowest BCUT2D eigenvalue weighted by Gasteiger charge is -2.49. The number of rotatable bonds is 12. The van der Waals surface area contributed by atoms with Gasteiger partial charge in [-0.15, -0.1) is 0 Å². The molecule has 3 aliphatic heterocycles. The van der Waals surface area contributed by atoms with Crippen molar-refractivity contribution in [3.63, 3.8) is 0 Å². The molecule has 3 amide bonds. The summed E-state index contributed by atoms with van der Waals surface area (Å²) in [5.74, 6) is -2.19. The molecule has 3 saturated heterocycles. The SMILES string of the molecule is CC(=O)N[C@H]1[C@H](O[C@H]2[C@H](O)[C@@H](NC(C)=O)C(O)O[C@@H]2COS(=O)(=O)O)O[C@H](CO)[C@@H](O[C@@H]2O[C@H](CO)[C@@H](O)[C@H](O)[C@H]2NC(C)=O)[C@@H]1O. The fourth-order valence-electron chi connectivity index (χ4n) is 5.42. The second-order valence-corrected chi connectivity index (χ2v) is 12.2. The third-order valence-electron chi connectivity index (χ3n) is 7.50. The number of nitrogens with one attached hydrogen (secondary N) is 3. The molecule has 3 heterocycles. The molecular formula is C24H41N3O19S. The Kier molecular flexibility index (Phi) is 13.7. The smallest absolute Gasteiger partial charge is 0.394 e. The van der Waals surface area contributed by atoms with Gasteiger partial charge in [-0.2, -0.15) is 8.42 Å². The van der Waals surface area contributed by atoms with Gasteiger partial charge in [-0.05, 0) is 0 Å². The molecule has 11 N–H and O–H groups in total. The van der Waals surface area contributed by atoms with Crippen LogP contribution < -0.4 is 16.0 Å². The van der Waals surface area contributed by atoms with Crippen molar-refractivity contribution < 1.29 is 91.0 Å². The molecule has 3 rings (SSSR count). The summed E-state index contributed by atoms with van der Waals surface area (Å²) in [6.45, 7) is 0.409. The highest BCUT2D eigenvalue weighted by atomic mass is 32.3. The number of hydrogen-bond acceptors (Lipinski definition) is 18. The first kappa shape index (κ1) is 39.2. The van der Waals surface area contributed by atoms with E-state index in [1.54, 1.807) is 0 Å². The van der Waals surface area contributed by atoms with Crippen LogP contribution in [0, 0.1) is 0 Å². The quantitative estimate of drug-likeness (QED) is 0.0839. The Labute approximate surface area is 267 Å². The van der Waals surface area contributed by atoms with Crippen LogP contribution in [0.15, 0.2) is 0 Å². The number of aliphatic hydroxyl groups is 7. The minimum absolute atomic E-state index is 0.687. The molecule has 3 aliphatic rings. The molecule has 0 aromatic rings. The van der Waals surface area contributed by atoms with Crippen LogP contribution in [0.5, 0.6) is 0 Å².